The molecule has 1 rings (SSSR count). The van der Waals surface area contributed by atoms with Gasteiger partial charge in [-0.05, 0) is 18.8 Å². The van der Waals surface area contributed by atoms with Crippen molar-refractivity contribution in [3.63, 3.8) is 0 Å². The van der Waals surface area contributed by atoms with E-state index in [0.29, 0.717) is 5.92 Å². The van der Waals surface area contributed by atoms with Crippen molar-refractivity contribution in [2.75, 3.05) is 13.6 Å². The molecule has 0 aliphatic heterocycles. The van der Waals surface area contributed by atoms with Gasteiger partial charge in [0.25, 0.3) is 0 Å². The lowest BCUT2D eigenvalue weighted by Gasteiger charge is -2.15. The first-order valence-electron chi connectivity index (χ1n) is 4.34. The second-order valence-corrected chi connectivity index (χ2v) is 3.49. The van der Waals surface area contributed by atoms with Gasteiger partial charge in [-0.3, -0.25) is 4.79 Å². The highest BCUT2D eigenvalue weighted by Crippen LogP contribution is 2.29. The highest BCUT2D eigenvalue weighted by Gasteiger charge is 2.24. The van der Waals surface area contributed by atoms with E-state index in [-0.39, 0.29) is 18.2 Å². The van der Waals surface area contributed by atoms with Crippen molar-refractivity contribution >= 4 is 11.7 Å². The molecule has 1 aliphatic rings. The Morgan fingerprint density at radius 3 is 2.77 bits per heavy atom. The predicted molar refractivity (Wildman–Crippen MR) is 48.4 cm³/mol. The fourth-order valence-electron chi connectivity index (χ4n) is 1.11. The molecule has 0 radical (unpaired) electrons. The molecule has 0 aromatic heterocycles. The molecule has 1 saturated carbocycles. The first-order valence-corrected chi connectivity index (χ1v) is 4.34. The Hall–Kier alpha value is -1.26. The molecule has 0 aromatic rings. The third-order valence-electron chi connectivity index (χ3n) is 2.12. The van der Waals surface area contributed by atoms with Gasteiger partial charge in [0.1, 0.15) is 5.84 Å². The number of nitrogens with zero attached hydrogens (tertiary/aromatic N) is 2. The molecular formula is C8H15N3O2. The Labute approximate surface area is 77.2 Å². The zero-order valence-corrected chi connectivity index (χ0v) is 7.73. The summed E-state index contributed by atoms with van der Waals surface area (Å²) < 4.78 is 0. The van der Waals surface area contributed by atoms with Gasteiger partial charge in [-0.15, -0.1) is 0 Å². The molecule has 1 amide bonds. The number of amidine groups is 1. The van der Waals surface area contributed by atoms with E-state index in [9.17, 15) is 4.79 Å². The van der Waals surface area contributed by atoms with Crippen LogP contribution in [0.5, 0.6) is 0 Å². The number of carbonyl (C=O) groups excluding carboxylic acids is 1. The van der Waals surface area contributed by atoms with Crippen molar-refractivity contribution < 1.29 is 10.0 Å². The molecule has 0 bridgehead atoms. The highest BCUT2D eigenvalue weighted by molar-refractivity contribution is 5.98. The Morgan fingerprint density at radius 1 is 1.69 bits per heavy atom. The van der Waals surface area contributed by atoms with Gasteiger partial charge in [-0.2, -0.15) is 0 Å². The average molecular weight is 185 g/mol. The smallest absolute Gasteiger partial charge is 0.230 e. The minimum absolute atomic E-state index is 0.000278. The molecule has 5 nitrogen and oxygen atoms in total. The SMILES string of the molecule is CN(CC1CC1)C(=O)C/C(N)=N/O. The third kappa shape index (κ3) is 3.31. The van der Waals surface area contributed by atoms with Gasteiger partial charge in [-0.1, -0.05) is 5.16 Å². The van der Waals surface area contributed by atoms with Crippen molar-refractivity contribution in [1.82, 2.24) is 4.90 Å². The van der Waals surface area contributed by atoms with E-state index in [1.807, 2.05) is 0 Å². The lowest BCUT2D eigenvalue weighted by molar-refractivity contribution is -0.128. The van der Waals surface area contributed by atoms with Crippen LogP contribution < -0.4 is 5.73 Å². The zero-order chi connectivity index (χ0) is 9.84. The van der Waals surface area contributed by atoms with E-state index in [1.165, 1.54) is 12.8 Å². The third-order valence-corrected chi connectivity index (χ3v) is 2.12. The monoisotopic (exact) mass is 185 g/mol. The number of carbonyl (C=O) groups is 1. The number of oxime groups is 1. The largest absolute Gasteiger partial charge is 0.409 e. The van der Waals surface area contributed by atoms with Crippen LogP contribution in [0.3, 0.4) is 0 Å². The summed E-state index contributed by atoms with van der Waals surface area (Å²) >= 11 is 0. The molecule has 1 fully saturated rings. The quantitative estimate of drug-likeness (QED) is 0.280. The maximum atomic E-state index is 11.3. The summed E-state index contributed by atoms with van der Waals surface area (Å²) in [6, 6.07) is 0. The number of hydrogen-bond donors (Lipinski definition) is 2. The molecule has 0 heterocycles. The average Bonchev–Trinajstić information content (AvgIpc) is 2.87. The van der Waals surface area contributed by atoms with Crippen LogP contribution in [0.1, 0.15) is 19.3 Å². The van der Waals surface area contributed by atoms with Crippen LogP contribution in [0.4, 0.5) is 0 Å². The summed E-state index contributed by atoms with van der Waals surface area (Å²) in [6.07, 6.45) is 2.42. The molecule has 0 spiro atoms. The zero-order valence-electron chi connectivity index (χ0n) is 7.73. The predicted octanol–water partition coefficient (Wildman–Crippen LogP) is -0.00870. The Bertz CT molecular complexity index is 223. The second kappa shape index (κ2) is 4.11. The van der Waals surface area contributed by atoms with Crippen LogP contribution in [-0.4, -0.2) is 35.4 Å². The van der Waals surface area contributed by atoms with Gasteiger partial charge in [0.2, 0.25) is 5.91 Å². The van der Waals surface area contributed by atoms with Gasteiger partial charge in [0.15, 0.2) is 0 Å². The van der Waals surface area contributed by atoms with Crippen LogP contribution in [0.2, 0.25) is 0 Å². The molecule has 3 N–H and O–H groups in total. The molecule has 13 heavy (non-hydrogen) atoms. The van der Waals surface area contributed by atoms with E-state index in [0.717, 1.165) is 6.54 Å². The lowest BCUT2D eigenvalue weighted by Crippen LogP contribution is -2.32. The normalized spacial score (nSPS) is 17.2. The maximum Gasteiger partial charge on any atom is 0.230 e. The standard InChI is InChI=1S/C8H15N3O2/c1-11(5-6-2-3-6)8(12)4-7(9)10-13/h6,13H,2-5H2,1H3,(H2,9,10). The van der Waals surface area contributed by atoms with E-state index in [2.05, 4.69) is 5.16 Å². The molecule has 0 aromatic carbocycles. The first kappa shape index (κ1) is 9.83. The van der Waals surface area contributed by atoms with Gasteiger partial charge in [0, 0.05) is 13.6 Å². The van der Waals surface area contributed by atoms with Crippen molar-refractivity contribution in [3.05, 3.63) is 0 Å². The van der Waals surface area contributed by atoms with Crippen molar-refractivity contribution in [1.29, 1.82) is 0 Å². The summed E-state index contributed by atoms with van der Waals surface area (Å²) in [5.74, 6) is 0.538. The topological polar surface area (TPSA) is 78.9 Å². The molecule has 0 saturated heterocycles. The number of nitrogens with two attached hydrogens (primary N) is 1. The van der Waals surface area contributed by atoms with Gasteiger partial charge >= 0.3 is 0 Å². The fourth-order valence-corrected chi connectivity index (χ4v) is 1.11. The summed E-state index contributed by atoms with van der Waals surface area (Å²) in [6.45, 7) is 0.789. The van der Waals surface area contributed by atoms with E-state index < -0.39 is 0 Å². The summed E-state index contributed by atoms with van der Waals surface area (Å²) in [5, 5.41) is 11.0. The minimum atomic E-state index is -0.0952. The summed E-state index contributed by atoms with van der Waals surface area (Å²) in [5.41, 5.74) is 5.21. The summed E-state index contributed by atoms with van der Waals surface area (Å²) in [7, 11) is 1.74. The number of hydrogen-bond acceptors (Lipinski definition) is 3. The van der Waals surface area contributed by atoms with E-state index >= 15 is 0 Å². The van der Waals surface area contributed by atoms with Gasteiger partial charge < -0.3 is 15.8 Å². The maximum absolute atomic E-state index is 11.3. The highest BCUT2D eigenvalue weighted by atomic mass is 16.4. The molecular weight excluding hydrogens is 170 g/mol. The molecule has 0 atom stereocenters. The van der Waals surface area contributed by atoms with Crippen LogP contribution in [0.25, 0.3) is 0 Å². The van der Waals surface area contributed by atoms with Crippen LogP contribution in [-0.2, 0) is 4.79 Å². The van der Waals surface area contributed by atoms with Gasteiger partial charge in [-0.25, -0.2) is 0 Å². The lowest BCUT2D eigenvalue weighted by atomic mass is 10.3. The molecule has 74 valence electrons. The number of rotatable bonds is 4. The molecule has 1 aliphatic carbocycles. The number of amides is 1. The molecule has 5 heteroatoms. The van der Waals surface area contributed by atoms with Crippen LogP contribution in [0, 0.1) is 5.92 Å². The Kier molecular flexibility index (Phi) is 3.11. The minimum Gasteiger partial charge on any atom is -0.409 e. The first-order chi connectivity index (χ1) is 6.13. The van der Waals surface area contributed by atoms with Crippen molar-refractivity contribution in [3.8, 4) is 0 Å². The van der Waals surface area contributed by atoms with Crippen molar-refractivity contribution in [2.24, 2.45) is 16.8 Å². The van der Waals surface area contributed by atoms with E-state index in [1.54, 1.807) is 11.9 Å². The Morgan fingerprint density at radius 2 is 2.31 bits per heavy atom. The van der Waals surface area contributed by atoms with E-state index in [4.69, 9.17) is 10.9 Å². The Balaban J connectivity index is 2.28. The summed E-state index contributed by atoms with van der Waals surface area (Å²) in [4.78, 5) is 13.0. The fraction of sp³-hybridized carbons (Fsp3) is 0.750. The second-order valence-electron chi connectivity index (χ2n) is 3.49. The van der Waals surface area contributed by atoms with Gasteiger partial charge in [0.05, 0.1) is 6.42 Å². The van der Waals surface area contributed by atoms with Crippen LogP contribution >= 0.6 is 0 Å². The van der Waals surface area contributed by atoms with Crippen molar-refractivity contribution in [2.45, 2.75) is 19.3 Å². The van der Waals surface area contributed by atoms with Crippen LogP contribution in [0.15, 0.2) is 5.16 Å². The molecule has 0 unspecified atom stereocenters.